The van der Waals surface area contributed by atoms with Gasteiger partial charge < -0.3 is 4.98 Å². The summed E-state index contributed by atoms with van der Waals surface area (Å²) in [6.07, 6.45) is 13.7. The van der Waals surface area contributed by atoms with Gasteiger partial charge in [0.1, 0.15) is 0 Å². The molecule has 0 bridgehead atoms. The van der Waals surface area contributed by atoms with Crippen molar-refractivity contribution in [2.75, 3.05) is 0 Å². The Morgan fingerprint density at radius 3 is 3.00 bits per heavy atom. The summed E-state index contributed by atoms with van der Waals surface area (Å²) in [5.41, 5.74) is 5.13. The van der Waals surface area contributed by atoms with E-state index in [-0.39, 0.29) is 0 Å². The van der Waals surface area contributed by atoms with Crippen molar-refractivity contribution in [3.63, 3.8) is 0 Å². The molecular formula is C14H14N2. The van der Waals surface area contributed by atoms with Crippen molar-refractivity contribution in [2.24, 2.45) is 4.99 Å². The van der Waals surface area contributed by atoms with Crippen molar-refractivity contribution in [1.29, 1.82) is 0 Å². The first kappa shape index (κ1) is 9.40. The second-order valence-electron chi connectivity index (χ2n) is 4.15. The van der Waals surface area contributed by atoms with E-state index in [9.17, 15) is 0 Å². The molecule has 80 valence electrons. The van der Waals surface area contributed by atoms with E-state index >= 15 is 0 Å². The summed E-state index contributed by atoms with van der Waals surface area (Å²) >= 11 is 0. The van der Waals surface area contributed by atoms with Gasteiger partial charge in [-0.05, 0) is 54.7 Å². The molecule has 0 atom stereocenters. The Balaban J connectivity index is 1.99. The summed E-state index contributed by atoms with van der Waals surface area (Å²) in [7, 11) is 0. The van der Waals surface area contributed by atoms with Crippen molar-refractivity contribution >= 4 is 11.8 Å². The van der Waals surface area contributed by atoms with Crippen LogP contribution in [0.2, 0.25) is 0 Å². The van der Waals surface area contributed by atoms with Crippen LogP contribution in [0.1, 0.15) is 25.0 Å². The molecule has 0 aromatic carbocycles. The quantitative estimate of drug-likeness (QED) is 0.735. The average Bonchev–Trinajstić information content (AvgIpc) is 3.03. The number of hydrogen-bond donors (Lipinski definition) is 1. The zero-order valence-corrected chi connectivity index (χ0v) is 9.11. The smallest absolute Gasteiger partial charge is 0.0662 e. The SMILES string of the molecule is C1=CC(=C2C=C(c3ccc[nH]3)CCC2)N=C1. The molecule has 1 aromatic heterocycles. The summed E-state index contributed by atoms with van der Waals surface area (Å²) < 4.78 is 0. The van der Waals surface area contributed by atoms with E-state index < -0.39 is 0 Å². The molecule has 0 fully saturated rings. The minimum Gasteiger partial charge on any atom is -0.361 e. The van der Waals surface area contributed by atoms with Crippen LogP contribution in [0.4, 0.5) is 0 Å². The molecule has 0 spiro atoms. The molecule has 3 rings (SSSR count). The van der Waals surface area contributed by atoms with Crippen molar-refractivity contribution in [1.82, 2.24) is 4.98 Å². The van der Waals surface area contributed by atoms with Gasteiger partial charge in [0.15, 0.2) is 0 Å². The van der Waals surface area contributed by atoms with Crippen LogP contribution in [-0.4, -0.2) is 11.2 Å². The number of nitrogens with one attached hydrogen (secondary N) is 1. The molecule has 2 aliphatic rings. The molecule has 0 saturated heterocycles. The molecule has 0 saturated carbocycles. The Morgan fingerprint density at radius 2 is 2.25 bits per heavy atom. The molecule has 1 N–H and O–H groups in total. The molecule has 1 aliphatic carbocycles. The third kappa shape index (κ3) is 1.67. The van der Waals surface area contributed by atoms with Crippen LogP contribution in [0.15, 0.2) is 52.8 Å². The standard InChI is InChI=1S/C14H14N2/c1-4-11(13-6-2-8-15-13)10-12(5-1)14-7-3-9-16-14/h2-3,6-10,15H,1,4-5H2. The summed E-state index contributed by atoms with van der Waals surface area (Å²) in [5, 5.41) is 0. The average molecular weight is 210 g/mol. The highest BCUT2D eigenvalue weighted by molar-refractivity contribution is 5.78. The lowest BCUT2D eigenvalue weighted by Crippen LogP contribution is -1.96. The van der Waals surface area contributed by atoms with Gasteiger partial charge in [-0.1, -0.05) is 6.08 Å². The number of aliphatic imine (C=N–C) groups is 1. The second kappa shape index (κ2) is 3.97. The molecule has 0 amide bonds. The first-order valence-electron chi connectivity index (χ1n) is 5.72. The maximum Gasteiger partial charge on any atom is 0.0662 e. The number of aromatic nitrogens is 1. The Kier molecular flexibility index (Phi) is 2.33. The van der Waals surface area contributed by atoms with E-state index in [0.717, 1.165) is 18.5 Å². The van der Waals surface area contributed by atoms with Crippen LogP contribution in [-0.2, 0) is 0 Å². The summed E-state index contributed by atoms with van der Waals surface area (Å²) in [5.74, 6) is 0. The molecule has 16 heavy (non-hydrogen) atoms. The second-order valence-corrected chi connectivity index (χ2v) is 4.15. The van der Waals surface area contributed by atoms with Crippen molar-refractivity contribution < 1.29 is 0 Å². The van der Waals surface area contributed by atoms with Gasteiger partial charge in [-0.15, -0.1) is 0 Å². The molecule has 2 nitrogen and oxygen atoms in total. The summed E-state index contributed by atoms with van der Waals surface area (Å²) in [6, 6.07) is 4.18. The number of hydrogen-bond acceptors (Lipinski definition) is 1. The minimum absolute atomic E-state index is 1.13. The summed E-state index contributed by atoms with van der Waals surface area (Å²) in [6.45, 7) is 0. The number of nitrogens with zero attached hydrogens (tertiary/aromatic N) is 1. The lowest BCUT2D eigenvalue weighted by Gasteiger charge is -2.15. The van der Waals surface area contributed by atoms with Crippen LogP contribution in [0.25, 0.3) is 5.57 Å². The molecule has 2 heterocycles. The molecule has 1 aliphatic heterocycles. The molecule has 0 radical (unpaired) electrons. The summed E-state index contributed by atoms with van der Waals surface area (Å²) in [4.78, 5) is 7.63. The van der Waals surface area contributed by atoms with Crippen LogP contribution in [0, 0.1) is 0 Å². The highest BCUT2D eigenvalue weighted by Crippen LogP contribution is 2.31. The topological polar surface area (TPSA) is 28.1 Å². The minimum atomic E-state index is 1.13. The highest BCUT2D eigenvalue weighted by atomic mass is 14.7. The van der Waals surface area contributed by atoms with Gasteiger partial charge in [-0.25, -0.2) is 0 Å². The van der Waals surface area contributed by atoms with Gasteiger partial charge in [0.05, 0.1) is 5.70 Å². The van der Waals surface area contributed by atoms with Gasteiger partial charge in [-0.2, -0.15) is 0 Å². The fourth-order valence-corrected chi connectivity index (χ4v) is 2.26. The number of allylic oxidation sites excluding steroid dienone is 5. The van der Waals surface area contributed by atoms with Crippen LogP contribution in [0.3, 0.4) is 0 Å². The normalized spacial score (nSPS) is 23.9. The lowest BCUT2D eigenvalue weighted by molar-refractivity contribution is 0.825. The first-order valence-corrected chi connectivity index (χ1v) is 5.72. The fourth-order valence-electron chi connectivity index (χ4n) is 2.26. The maximum absolute atomic E-state index is 4.36. The van der Waals surface area contributed by atoms with Crippen LogP contribution in [0.5, 0.6) is 0 Å². The predicted octanol–water partition coefficient (Wildman–Crippen LogP) is 3.48. The molecular weight excluding hydrogens is 196 g/mol. The Hall–Kier alpha value is -1.83. The van der Waals surface area contributed by atoms with Gasteiger partial charge in [0, 0.05) is 18.1 Å². The first-order chi connectivity index (χ1) is 7.93. The van der Waals surface area contributed by atoms with Crippen molar-refractivity contribution in [2.45, 2.75) is 19.3 Å². The predicted molar refractivity (Wildman–Crippen MR) is 67.3 cm³/mol. The van der Waals surface area contributed by atoms with Crippen molar-refractivity contribution in [3.8, 4) is 0 Å². The van der Waals surface area contributed by atoms with E-state index in [0.29, 0.717) is 0 Å². The number of H-pyrrole nitrogens is 1. The van der Waals surface area contributed by atoms with E-state index in [2.05, 4.69) is 28.2 Å². The van der Waals surface area contributed by atoms with Gasteiger partial charge >= 0.3 is 0 Å². The van der Waals surface area contributed by atoms with Crippen molar-refractivity contribution in [3.05, 3.63) is 53.5 Å². The van der Waals surface area contributed by atoms with Gasteiger partial charge in [-0.3, -0.25) is 4.99 Å². The van der Waals surface area contributed by atoms with E-state index in [1.165, 1.54) is 23.3 Å². The lowest BCUT2D eigenvalue weighted by atomic mass is 9.92. The Labute approximate surface area is 95.1 Å². The molecule has 0 unspecified atom stereocenters. The number of aromatic amines is 1. The van der Waals surface area contributed by atoms with Gasteiger partial charge in [0.25, 0.3) is 0 Å². The fraction of sp³-hybridized carbons (Fsp3) is 0.214. The largest absolute Gasteiger partial charge is 0.361 e. The van der Waals surface area contributed by atoms with E-state index in [4.69, 9.17) is 0 Å². The van der Waals surface area contributed by atoms with E-state index in [1.807, 2.05) is 24.6 Å². The zero-order chi connectivity index (χ0) is 10.8. The van der Waals surface area contributed by atoms with Crippen LogP contribution >= 0.6 is 0 Å². The Bertz CT molecular complexity index is 485. The van der Waals surface area contributed by atoms with Crippen LogP contribution < -0.4 is 0 Å². The van der Waals surface area contributed by atoms with E-state index in [1.54, 1.807) is 0 Å². The highest BCUT2D eigenvalue weighted by Gasteiger charge is 2.12. The maximum atomic E-state index is 4.36. The third-order valence-corrected chi connectivity index (χ3v) is 3.07. The van der Waals surface area contributed by atoms with Gasteiger partial charge in [0.2, 0.25) is 0 Å². The monoisotopic (exact) mass is 210 g/mol. The number of rotatable bonds is 1. The molecule has 2 heteroatoms. The zero-order valence-electron chi connectivity index (χ0n) is 9.11. The third-order valence-electron chi connectivity index (χ3n) is 3.07. The molecule has 1 aromatic rings. The Morgan fingerprint density at radius 1 is 1.25 bits per heavy atom.